The lowest BCUT2D eigenvalue weighted by Crippen LogP contribution is -2.57. The Labute approximate surface area is 285 Å². The summed E-state index contributed by atoms with van der Waals surface area (Å²) in [5, 5.41) is 0.900. The van der Waals surface area contributed by atoms with Gasteiger partial charge in [-0.3, -0.25) is 9.80 Å². The van der Waals surface area contributed by atoms with E-state index in [0.717, 1.165) is 32.2 Å². The third-order valence-corrected chi connectivity index (χ3v) is 10.5. The topological polar surface area (TPSA) is 97.0 Å². The highest BCUT2D eigenvalue weighted by molar-refractivity contribution is 6.33. The number of rotatable bonds is 6. The zero-order valence-electron chi connectivity index (χ0n) is 28.0. The fourth-order valence-corrected chi connectivity index (χ4v) is 8.64. The summed E-state index contributed by atoms with van der Waals surface area (Å²) in [6.45, 7) is 13.9. The van der Waals surface area contributed by atoms with Gasteiger partial charge in [0.05, 0.1) is 22.6 Å². The Bertz CT molecular complexity index is 1790. The zero-order chi connectivity index (χ0) is 34.1. The molecule has 4 fully saturated rings. The summed E-state index contributed by atoms with van der Waals surface area (Å²) >= 11 is 6.58. The minimum Gasteiger partial charge on any atom is -0.461 e. The van der Waals surface area contributed by atoms with Crippen LogP contribution in [0.4, 0.5) is 25.1 Å². The quantitative estimate of drug-likeness (QED) is 0.272. The van der Waals surface area contributed by atoms with Crippen LogP contribution in [-0.2, 0) is 4.74 Å². The number of nitrogen functional groups attached to an aromatic ring is 1. The summed E-state index contributed by atoms with van der Waals surface area (Å²) in [5.74, 6) is -0.0339. The SMILES string of the molecule is C=C(C)c1c(Cl)cc(N)cc1-c1ccc2c(N3C[C@H]4CC[C@@H](C3)N4C(=O)OC(C)(C)C)nc(OC[C@@]34CCCN3C[C@H](F)C4)nc2c1F. The highest BCUT2D eigenvalue weighted by Gasteiger charge is 2.50. The zero-order valence-corrected chi connectivity index (χ0v) is 28.7. The molecule has 4 atom stereocenters. The van der Waals surface area contributed by atoms with E-state index in [1.54, 1.807) is 18.2 Å². The Morgan fingerprint density at radius 2 is 1.88 bits per heavy atom. The number of amides is 1. The number of alkyl halides is 1. The van der Waals surface area contributed by atoms with Crippen LogP contribution in [0, 0.1) is 5.82 Å². The first-order valence-electron chi connectivity index (χ1n) is 16.8. The maximum atomic E-state index is 16.9. The van der Waals surface area contributed by atoms with Crippen LogP contribution in [0.25, 0.3) is 27.6 Å². The first-order valence-corrected chi connectivity index (χ1v) is 17.1. The monoisotopic (exact) mass is 680 g/mol. The largest absolute Gasteiger partial charge is 0.461 e. The van der Waals surface area contributed by atoms with Gasteiger partial charge in [0.15, 0.2) is 5.82 Å². The molecule has 1 amide bonds. The first-order chi connectivity index (χ1) is 22.7. The number of carbonyl (C=O) groups excluding carboxylic acids is 1. The molecule has 0 aliphatic carbocycles. The minimum atomic E-state index is -0.911. The van der Waals surface area contributed by atoms with Crippen LogP contribution < -0.4 is 15.4 Å². The molecule has 0 radical (unpaired) electrons. The van der Waals surface area contributed by atoms with E-state index < -0.39 is 23.1 Å². The van der Waals surface area contributed by atoms with Crippen LogP contribution in [0.2, 0.25) is 5.02 Å². The molecule has 2 aromatic carbocycles. The fraction of sp³-hybridized carbons (Fsp3) is 0.528. The van der Waals surface area contributed by atoms with E-state index in [2.05, 4.69) is 21.4 Å². The predicted octanol–water partition coefficient (Wildman–Crippen LogP) is 7.25. The number of allylic oxidation sites excluding steroid dienone is 1. The Hall–Kier alpha value is -3.70. The number of piperazine rings is 1. The van der Waals surface area contributed by atoms with E-state index in [9.17, 15) is 9.18 Å². The van der Waals surface area contributed by atoms with Crippen molar-refractivity contribution in [2.45, 2.75) is 89.2 Å². The number of hydrogen-bond donors (Lipinski definition) is 1. The van der Waals surface area contributed by atoms with E-state index in [1.807, 2.05) is 38.7 Å². The van der Waals surface area contributed by atoms with Gasteiger partial charge in [0.25, 0.3) is 0 Å². The third-order valence-electron chi connectivity index (χ3n) is 10.2. The molecule has 7 rings (SSSR count). The van der Waals surface area contributed by atoms with Crippen molar-refractivity contribution in [3.05, 3.63) is 47.2 Å². The second-order valence-electron chi connectivity index (χ2n) is 14.9. The fourth-order valence-electron chi connectivity index (χ4n) is 8.25. The second kappa shape index (κ2) is 12.0. The molecule has 1 aromatic heterocycles. The second-order valence-corrected chi connectivity index (χ2v) is 15.3. The van der Waals surface area contributed by atoms with Crippen LogP contribution in [0.15, 0.2) is 30.8 Å². The lowest BCUT2D eigenvalue weighted by atomic mass is 9.94. The predicted molar refractivity (Wildman–Crippen MR) is 185 cm³/mol. The molecule has 0 unspecified atom stereocenters. The average Bonchev–Trinajstić information content (AvgIpc) is 3.61. The van der Waals surface area contributed by atoms with Gasteiger partial charge in [-0.2, -0.15) is 9.97 Å². The molecule has 5 heterocycles. The minimum absolute atomic E-state index is 0.0322. The third kappa shape index (κ3) is 5.82. The number of benzene rings is 2. The number of halogens is 3. The molecular formula is C36H43ClF2N6O3. The van der Waals surface area contributed by atoms with Gasteiger partial charge >= 0.3 is 12.1 Å². The summed E-state index contributed by atoms with van der Waals surface area (Å²) in [5.41, 5.74) is 7.69. The van der Waals surface area contributed by atoms with Crippen molar-refractivity contribution in [3.63, 3.8) is 0 Å². The Morgan fingerprint density at radius 1 is 1.15 bits per heavy atom. The lowest BCUT2D eigenvalue weighted by Gasteiger charge is -2.42. The van der Waals surface area contributed by atoms with Crippen molar-refractivity contribution in [3.8, 4) is 17.1 Å². The van der Waals surface area contributed by atoms with E-state index >= 15 is 4.39 Å². The molecule has 4 aliphatic rings. The molecule has 9 nitrogen and oxygen atoms in total. The van der Waals surface area contributed by atoms with Crippen LogP contribution in [0.3, 0.4) is 0 Å². The normalized spacial score (nSPS) is 25.5. The van der Waals surface area contributed by atoms with Crippen molar-refractivity contribution in [1.82, 2.24) is 19.8 Å². The Morgan fingerprint density at radius 3 is 2.56 bits per heavy atom. The standard InChI is InChI=1S/C36H43ClF2N6O3/c1-20(2)29-27(13-22(40)14-28(29)37)25-9-10-26-31(30(25)39)41-33(47-19-36-11-6-12-44(36)16-21(38)15-36)42-32(26)43-17-23-7-8-24(18-43)45(23)34(46)48-35(3,4)5/h9-10,13-14,21,23-24H,1,6-8,11-12,15-19,40H2,2-5H3/t21-,23-,24+,36+/m1/s1. The van der Waals surface area contributed by atoms with E-state index in [-0.39, 0.29) is 41.9 Å². The maximum absolute atomic E-state index is 16.9. The van der Waals surface area contributed by atoms with Crippen molar-refractivity contribution < 1.29 is 23.0 Å². The molecule has 0 spiro atoms. The summed E-state index contributed by atoms with van der Waals surface area (Å²) in [4.78, 5) is 28.8. The summed E-state index contributed by atoms with van der Waals surface area (Å²) in [6.07, 6.45) is 2.60. The van der Waals surface area contributed by atoms with Gasteiger partial charge in [0.1, 0.15) is 29.7 Å². The van der Waals surface area contributed by atoms with Gasteiger partial charge < -0.3 is 20.1 Å². The van der Waals surface area contributed by atoms with Gasteiger partial charge in [-0.1, -0.05) is 24.2 Å². The number of nitrogens with two attached hydrogens (primary N) is 1. The molecule has 2 N–H and O–H groups in total. The molecule has 256 valence electrons. The van der Waals surface area contributed by atoms with Crippen molar-refractivity contribution in [1.29, 1.82) is 0 Å². The van der Waals surface area contributed by atoms with Crippen molar-refractivity contribution in [2.24, 2.45) is 0 Å². The van der Waals surface area contributed by atoms with Gasteiger partial charge in [-0.25, -0.2) is 13.6 Å². The van der Waals surface area contributed by atoms with E-state index in [0.29, 0.717) is 64.7 Å². The van der Waals surface area contributed by atoms with Crippen LogP contribution >= 0.6 is 11.6 Å². The highest BCUT2D eigenvalue weighted by Crippen LogP contribution is 2.43. The molecule has 0 saturated carbocycles. The van der Waals surface area contributed by atoms with Gasteiger partial charge in [0, 0.05) is 48.3 Å². The number of ether oxygens (including phenoxy) is 2. The lowest BCUT2D eigenvalue weighted by molar-refractivity contribution is 0.0122. The molecule has 48 heavy (non-hydrogen) atoms. The van der Waals surface area contributed by atoms with Crippen LogP contribution in [-0.4, -0.2) is 88.0 Å². The van der Waals surface area contributed by atoms with E-state index in [1.165, 1.54) is 0 Å². The van der Waals surface area contributed by atoms with Crippen LogP contribution in [0.5, 0.6) is 6.01 Å². The van der Waals surface area contributed by atoms with Crippen LogP contribution in [0.1, 0.15) is 65.4 Å². The summed E-state index contributed by atoms with van der Waals surface area (Å²) in [7, 11) is 0. The average molecular weight is 681 g/mol. The Balaban J connectivity index is 1.30. The smallest absolute Gasteiger partial charge is 0.410 e. The first kappa shape index (κ1) is 32.8. The molecule has 2 bridgehead atoms. The highest BCUT2D eigenvalue weighted by atomic mass is 35.5. The number of anilines is 2. The number of nitrogens with zero attached hydrogens (tertiary/aromatic N) is 5. The van der Waals surface area contributed by atoms with E-state index in [4.69, 9.17) is 31.8 Å². The Kier molecular flexibility index (Phi) is 8.22. The molecular weight excluding hydrogens is 638 g/mol. The summed E-state index contributed by atoms with van der Waals surface area (Å²) < 4.78 is 43.5. The number of aromatic nitrogens is 2. The molecule has 3 aromatic rings. The van der Waals surface area contributed by atoms with Crippen molar-refractivity contribution in [2.75, 3.05) is 43.4 Å². The molecule has 12 heteroatoms. The molecule has 4 saturated heterocycles. The molecule has 4 aliphatic heterocycles. The number of fused-ring (bicyclic) bond motifs is 4. The number of carbonyl (C=O) groups is 1. The number of hydrogen-bond acceptors (Lipinski definition) is 8. The van der Waals surface area contributed by atoms with Gasteiger partial charge in [-0.15, -0.1) is 0 Å². The maximum Gasteiger partial charge on any atom is 0.410 e. The van der Waals surface area contributed by atoms with Gasteiger partial charge in [-0.05, 0) is 89.3 Å². The summed E-state index contributed by atoms with van der Waals surface area (Å²) in [6, 6.07) is 6.69. The van der Waals surface area contributed by atoms with Crippen molar-refractivity contribution >= 4 is 45.7 Å². The van der Waals surface area contributed by atoms with Gasteiger partial charge in [0.2, 0.25) is 0 Å².